The molecule has 0 saturated heterocycles. The molecule has 0 aliphatic heterocycles. The van der Waals surface area contributed by atoms with E-state index in [-0.39, 0.29) is 0 Å². The van der Waals surface area contributed by atoms with Crippen LogP contribution in [0.3, 0.4) is 0 Å². The topological polar surface area (TPSA) is 32.3 Å². The van der Waals surface area contributed by atoms with Crippen molar-refractivity contribution >= 4 is 0 Å². The number of aliphatic hydroxyl groups excluding tert-OH is 1. The zero-order valence-corrected chi connectivity index (χ0v) is 11.9. The maximum Gasteiger partial charge on any atom is 0.0474 e. The number of aliphatic hydroxyl groups is 1. The van der Waals surface area contributed by atoms with Crippen LogP contribution in [0.25, 0.3) is 0 Å². The van der Waals surface area contributed by atoms with E-state index in [9.17, 15) is 5.11 Å². The van der Waals surface area contributed by atoms with Gasteiger partial charge in [0.1, 0.15) is 0 Å². The molecule has 2 nitrogen and oxygen atoms in total. The van der Waals surface area contributed by atoms with Gasteiger partial charge in [-0.2, -0.15) is 0 Å². The molecule has 106 valence electrons. The highest BCUT2D eigenvalue weighted by atomic mass is 16.3. The van der Waals surface area contributed by atoms with E-state index in [0.29, 0.717) is 18.6 Å². The monoisotopic (exact) mass is 261 g/mol. The van der Waals surface area contributed by atoms with Gasteiger partial charge in [0.2, 0.25) is 0 Å². The Kier molecular flexibility index (Phi) is 6.38. The molecule has 2 rings (SSSR count). The van der Waals surface area contributed by atoms with Crippen LogP contribution in [0.15, 0.2) is 30.3 Å². The lowest BCUT2D eigenvalue weighted by Gasteiger charge is -2.31. The van der Waals surface area contributed by atoms with Crippen LogP contribution in [-0.4, -0.2) is 24.3 Å². The van der Waals surface area contributed by atoms with Crippen molar-refractivity contribution in [3.63, 3.8) is 0 Å². The standard InChI is InChI=1S/C17H27NO/c19-14-16-11-4-5-12-17(16)18-13-7-6-10-15-8-2-1-3-9-15/h1-3,8-9,16-19H,4-7,10-14H2. The second-order valence-electron chi connectivity index (χ2n) is 5.73. The third-order valence-electron chi connectivity index (χ3n) is 4.29. The zero-order chi connectivity index (χ0) is 13.3. The quantitative estimate of drug-likeness (QED) is 0.739. The number of hydrogen-bond acceptors (Lipinski definition) is 2. The van der Waals surface area contributed by atoms with Crippen LogP contribution in [0.2, 0.25) is 0 Å². The first-order valence-electron chi connectivity index (χ1n) is 7.78. The summed E-state index contributed by atoms with van der Waals surface area (Å²) in [6.07, 6.45) is 8.69. The fraction of sp³-hybridized carbons (Fsp3) is 0.647. The second-order valence-corrected chi connectivity index (χ2v) is 5.73. The molecule has 1 aliphatic rings. The van der Waals surface area contributed by atoms with Gasteiger partial charge in [-0.1, -0.05) is 43.2 Å². The first kappa shape index (κ1) is 14.5. The molecule has 0 aromatic heterocycles. The molecule has 19 heavy (non-hydrogen) atoms. The van der Waals surface area contributed by atoms with Crippen LogP contribution in [0.4, 0.5) is 0 Å². The van der Waals surface area contributed by atoms with Gasteiger partial charge in [-0.05, 0) is 50.1 Å². The Bertz CT molecular complexity index is 338. The van der Waals surface area contributed by atoms with Crippen molar-refractivity contribution in [3.05, 3.63) is 35.9 Å². The van der Waals surface area contributed by atoms with Crippen LogP contribution in [-0.2, 0) is 6.42 Å². The van der Waals surface area contributed by atoms with Crippen molar-refractivity contribution in [2.75, 3.05) is 13.2 Å². The van der Waals surface area contributed by atoms with E-state index >= 15 is 0 Å². The predicted octanol–water partition coefficient (Wildman–Crippen LogP) is 3.15. The highest BCUT2D eigenvalue weighted by Gasteiger charge is 2.23. The van der Waals surface area contributed by atoms with E-state index in [1.54, 1.807) is 0 Å². The van der Waals surface area contributed by atoms with E-state index in [1.807, 2.05) is 0 Å². The molecular weight excluding hydrogens is 234 g/mol. The number of rotatable bonds is 7. The number of unbranched alkanes of at least 4 members (excludes halogenated alkanes) is 1. The number of nitrogens with one attached hydrogen (secondary N) is 1. The summed E-state index contributed by atoms with van der Waals surface area (Å²) < 4.78 is 0. The lowest BCUT2D eigenvalue weighted by Crippen LogP contribution is -2.40. The van der Waals surface area contributed by atoms with E-state index in [1.165, 1.54) is 50.5 Å². The summed E-state index contributed by atoms with van der Waals surface area (Å²) in [6.45, 7) is 1.44. The molecule has 2 unspecified atom stereocenters. The molecular formula is C17H27NO. The fourth-order valence-electron chi connectivity index (χ4n) is 3.08. The van der Waals surface area contributed by atoms with Crippen molar-refractivity contribution in [2.45, 2.75) is 51.0 Å². The SMILES string of the molecule is OCC1CCCCC1NCCCCc1ccccc1. The third kappa shape index (κ3) is 4.96. The molecule has 1 aliphatic carbocycles. The normalized spacial score (nSPS) is 23.4. The fourth-order valence-corrected chi connectivity index (χ4v) is 3.08. The lowest BCUT2D eigenvalue weighted by molar-refractivity contribution is 0.153. The van der Waals surface area contributed by atoms with Gasteiger partial charge in [-0.25, -0.2) is 0 Å². The lowest BCUT2D eigenvalue weighted by atomic mass is 9.85. The van der Waals surface area contributed by atoms with Crippen LogP contribution >= 0.6 is 0 Å². The summed E-state index contributed by atoms with van der Waals surface area (Å²) in [5.74, 6) is 0.489. The minimum Gasteiger partial charge on any atom is -0.396 e. The molecule has 0 radical (unpaired) electrons. The Morgan fingerprint density at radius 3 is 2.63 bits per heavy atom. The van der Waals surface area contributed by atoms with Crippen LogP contribution in [0.1, 0.15) is 44.1 Å². The summed E-state index contributed by atoms with van der Waals surface area (Å²) in [5, 5.41) is 13.0. The Labute approximate surface area is 117 Å². The van der Waals surface area contributed by atoms with Gasteiger partial charge in [0, 0.05) is 12.6 Å². The Balaban J connectivity index is 1.58. The maximum absolute atomic E-state index is 9.37. The van der Waals surface area contributed by atoms with Gasteiger partial charge in [-0.3, -0.25) is 0 Å². The maximum atomic E-state index is 9.37. The number of benzene rings is 1. The van der Waals surface area contributed by atoms with Gasteiger partial charge < -0.3 is 10.4 Å². The summed E-state index contributed by atoms with van der Waals surface area (Å²) in [5.41, 5.74) is 1.44. The van der Waals surface area contributed by atoms with Gasteiger partial charge in [0.05, 0.1) is 0 Å². The summed E-state index contributed by atoms with van der Waals surface area (Å²) in [4.78, 5) is 0. The van der Waals surface area contributed by atoms with Crippen molar-refractivity contribution in [2.24, 2.45) is 5.92 Å². The highest BCUT2D eigenvalue weighted by molar-refractivity contribution is 5.14. The predicted molar refractivity (Wildman–Crippen MR) is 80.2 cm³/mol. The minimum atomic E-state index is 0.349. The Hall–Kier alpha value is -0.860. The van der Waals surface area contributed by atoms with Crippen molar-refractivity contribution in [3.8, 4) is 0 Å². The van der Waals surface area contributed by atoms with Gasteiger partial charge in [0.25, 0.3) is 0 Å². The molecule has 0 heterocycles. The van der Waals surface area contributed by atoms with Gasteiger partial charge >= 0.3 is 0 Å². The zero-order valence-electron chi connectivity index (χ0n) is 11.9. The van der Waals surface area contributed by atoms with Crippen LogP contribution in [0, 0.1) is 5.92 Å². The van der Waals surface area contributed by atoms with E-state index in [4.69, 9.17) is 0 Å². The molecule has 2 atom stereocenters. The smallest absolute Gasteiger partial charge is 0.0474 e. The molecule has 1 saturated carbocycles. The first-order valence-corrected chi connectivity index (χ1v) is 7.78. The second kappa shape index (κ2) is 8.34. The van der Waals surface area contributed by atoms with E-state index < -0.39 is 0 Å². The van der Waals surface area contributed by atoms with Crippen molar-refractivity contribution in [1.29, 1.82) is 0 Å². The number of aryl methyl sites for hydroxylation is 1. The molecule has 2 heteroatoms. The molecule has 0 bridgehead atoms. The summed E-state index contributed by atoms with van der Waals surface area (Å²) in [7, 11) is 0. The van der Waals surface area contributed by atoms with Crippen molar-refractivity contribution in [1.82, 2.24) is 5.32 Å². The summed E-state index contributed by atoms with van der Waals surface area (Å²) >= 11 is 0. The Morgan fingerprint density at radius 2 is 1.84 bits per heavy atom. The number of hydrogen-bond donors (Lipinski definition) is 2. The van der Waals surface area contributed by atoms with E-state index in [2.05, 4.69) is 35.6 Å². The van der Waals surface area contributed by atoms with Gasteiger partial charge in [-0.15, -0.1) is 0 Å². The molecule has 2 N–H and O–H groups in total. The van der Waals surface area contributed by atoms with Crippen molar-refractivity contribution < 1.29 is 5.11 Å². The molecule has 0 spiro atoms. The minimum absolute atomic E-state index is 0.349. The average Bonchev–Trinajstić information content (AvgIpc) is 2.48. The molecule has 0 amide bonds. The molecule has 1 aromatic carbocycles. The summed E-state index contributed by atoms with van der Waals surface area (Å²) in [6, 6.07) is 11.3. The molecule has 1 aromatic rings. The van der Waals surface area contributed by atoms with Crippen LogP contribution in [0.5, 0.6) is 0 Å². The Morgan fingerprint density at radius 1 is 1.05 bits per heavy atom. The third-order valence-corrected chi connectivity index (χ3v) is 4.29. The highest BCUT2D eigenvalue weighted by Crippen LogP contribution is 2.23. The average molecular weight is 261 g/mol. The molecule has 1 fully saturated rings. The largest absolute Gasteiger partial charge is 0.396 e. The van der Waals surface area contributed by atoms with Gasteiger partial charge in [0.15, 0.2) is 0 Å². The van der Waals surface area contributed by atoms with Crippen LogP contribution < -0.4 is 5.32 Å². The van der Waals surface area contributed by atoms with E-state index in [0.717, 1.165) is 6.54 Å². The first-order chi connectivity index (χ1) is 9.40.